The Morgan fingerprint density at radius 2 is 2.29 bits per heavy atom. The normalized spacial score (nSPS) is 18.1. The van der Waals surface area contributed by atoms with E-state index in [4.69, 9.17) is 4.74 Å². The van der Waals surface area contributed by atoms with Crippen LogP contribution >= 0.6 is 11.8 Å². The molecule has 0 N–H and O–H groups in total. The lowest BCUT2D eigenvalue weighted by molar-refractivity contribution is -0.117. The fourth-order valence-corrected chi connectivity index (χ4v) is 3.02. The second kappa shape index (κ2) is 6.93. The van der Waals surface area contributed by atoms with E-state index in [0.29, 0.717) is 31.1 Å². The van der Waals surface area contributed by atoms with Crippen molar-refractivity contribution < 1.29 is 18.7 Å². The Morgan fingerprint density at radius 3 is 2.90 bits per heavy atom. The van der Waals surface area contributed by atoms with Crippen molar-refractivity contribution in [1.82, 2.24) is 0 Å². The lowest BCUT2D eigenvalue weighted by Crippen LogP contribution is -2.25. The summed E-state index contributed by atoms with van der Waals surface area (Å²) >= 11 is 1.21. The Kier molecular flexibility index (Phi) is 5.22. The Hall–Kier alpha value is -1.56. The number of anilines is 1. The lowest BCUT2D eigenvalue weighted by Gasteiger charge is -2.18. The molecule has 1 aliphatic rings. The van der Waals surface area contributed by atoms with Crippen molar-refractivity contribution in [2.24, 2.45) is 5.92 Å². The van der Waals surface area contributed by atoms with Gasteiger partial charge in [-0.15, -0.1) is 0 Å². The van der Waals surface area contributed by atoms with Gasteiger partial charge in [0.1, 0.15) is 5.75 Å². The number of hydrogen-bond donors (Lipinski definition) is 0. The van der Waals surface area contributed by atoms with E-state index in [0.717, 1.165) is 0 Å². The zero-order chi connectivity index (χ0) is 15.4. The molecule has 21 heavy (non-hydrogen) atoms. The third kappa shape index (κ3) is 3.97. The summed E-state index contributed by atoms with van der Waals surface area (Å²) in [7, 11) is 0. The summed E-state index contributed by atoms with van der Waals surface area (Å²) < 4.78 is 19.3. The summed E-state index contributed by atoms with van der Waals surface area (Å²) in [6.45, 7) is 4.24. The number of nitrogens with zero attached hydrogens (tertiary/aromatic N) is 1. The maximum absolute atomic E-state index is 14.1. The molecule has 4 nitrogen and oxygen atoms in total. The van der Waals surface area contributed by atoms with Crippen LogP contribution in [0.5, 0.6) is 5.75 Å². The lowest BCUT2D eigenvalue weighted by atomic mass is 10.1. The predicted octanol–water partition coefficient (Wildman–Crippen LogP) is 2.86. The predicted molar refractivity (Wildman–Crippen MR) is 81.2 cm³/mol. The summed E-state index contributed by atoms with van der Waals surface area (Å²) in [5, 5.41) is 0.0353. The van der Waals surface area contributed by atoms with Gasteiger partial charge in [0, 0.05) is 31.7 Å². The van der Waals surface area contributed by atoms with Gasteiger partial charge in [-0.2, -0.15) is 0 Å². The highest BCUT2D eigenvalue weighted by atomic mass is 32.2. The first-order valence-electron chi connectivity index (χ1n) is 6.87. The second-order valence-corrected chi connectivity index (χ2v) is 6.12. The highest BCUT2D eigenvalue weighted by Crippen LogP contribution is 2.31. The summed E-state index contributed by atoms with van der Waals surface area (Å²) in [4.78, 5) is 24.5. The first kappa shape index (κ1) is 15.8. The average molecular weight is 311 g/mol. The van der Waals surface area contributed by atoms with Gasteiger partial charge < -0.3 is 9.64 Å². The van der Waals surface area contributed by atoms with Crippen LogP contribution in [0.1, 0.15) is 20.3 Å². The molecule has 2 rings (SSSR count). The van der Waals surface area contributed by atoms with Crippen molar-refractivity contribution >= 4 is 28.5 Å². The summed E-state index contributed by atoms with van der Waals surface area (Å²) in [6, 6.07) is 4.52. The van der Waals surface area contributed by atoms with Gasteiger partial charge in [0.25, 0.3) is 0 Å². The van der Waals surface area contributed by atoms with E-state index in [9.17, 15) is 14.0 Å². The van der Waals surface area contributed by atoms with Gasteiger partial charge in [-0.25, -0.2) is 4.39 Å². The number of thioether (sulfide) groups is 1. The van der Waals surface area contributed by atoms with Crippen LogP contribution < -0.4 is 9.64 Å². The standard InChI is InChI=1S/C15H18FNO3S/c1-3-20-12-4-5-14(13(16)7-12)17-8-11(6-15(17)19)9-21-10(2)18/h4-5,7,11H,3,6,8-9H2,1-2H3. The first-order valence-corrected chi connectivity index (χ1v) is 7.86. The molecule has 1 fully saturated rings. The zero-order valence-corrected chi connectivity index (χ0v) is 12.9. The van der Waals surface area contributed by atoms with Gasteiger partial charge in [-0.3, -0.25) is 9.59 Å². The van der Waals surface area contributed by atoms with E-state index in [1.54, 1.807) is 12.1 Å². The van der Waals surface area contributed by atoms with Crippen molar-refractivity contribution in [3.63, 3.8) is 0 Å². The van der Waals surface area contributed by atoms with E-state index in [-0.39, 0.29) is 22.6 Å². The van der Waals surface area contributed by atoms with E-state index < -0.39 is 5.82 Å². The average Bonchev–Trinajstić information content (AvgIpc) is 2.78. The van der Waals surface area contributed by atoms with Crippen molar-refractivity contribution in [3.8, 4) is 5.75 Å². The monoisotopic (exact) mass is 311 g/mol. The molecule has 0 aromatic heterocycles. The van der Waals surface area contributed by atoms with Crippen molar-refractivity contribution in [3.05, 3.63) is 24.0 Å². The maximum atomic E-state index is 14.1. The molecule has 1 aromatic carbocycles. The minimum Gasteiger partial charge on any atom is -0.494 e. The fraction of sp³-hybridized carbons (Fsp3) is 0.467. The molecule has 0 bridgehead atoms. The molecule has 1 saturated heterocycles. The molecule has 0 spiro atoms. The van der Waals surface area contributed by atoms with Crippen LogP contribution in [0.2, 0.25) is 0 Å². The summed E-state index contributed by atoms with van der Waals surface area (Å²) in [5.41, 5.74) is 0.277. The van der Waals surface area contributed by atoms with E-state index in [2.05, 4.69) is 0 Å². The van der Waals surface area contributed by atoms with Crippen molar-refractivity contribution in [1.29, 1.82) is 0 Å². The number of halogens is 1. The molecule has 1 aromatic rings. The van der Waals surface area contributed by atoms with Gasteiger partial charge in [0.05, 0.1) is 12.3 Å². The molecule has 0 radical (unpaired) electrons. The Morgan fingerprint density at radius 1 is 1.52 bits per heavy atom. The number of hydrogen-bond acceptors (Lipinski definition) is 4. The van der Waals surface area contributed by atoms with Gasteiger partial charge in [0.15, 0.2) is 10.9 Å². The van der Waals surface area contributed by atoms with Gasteiger partial charge in [-0.1, -0.05) is 11.8 Å². The number of rotatable bonds is 5. The largest absolute Gasteiger partial charge is 0.494 e. The Balaban J connectivity index is 2.08. The number of benzene rings is 1. The molecule has 1 aliphatic heterocycles. The maximum Gasteiger partial charge on any atom is 0.227 e. The van der Waals surface area contributed by atoms with Crippen LogP contribution in [0.4, 0.5) is 10.1 Å². The molecule has 6 heteroatoms. The quantitative estimate of drug-likeness (QED) is 0.839. The number of ether oxygens (including phenoxy) is 1. The molecule has 1 amide bonds. The highest BCUT2D eigenvalue weighted by molar-refractivity contribution is 8.13. The van der Waals surface area contributed by atoms with Crippen LogP contribution in [-0.2, 0) is 9.59 Å². The topological polar surface area (TPSA) is 46.6 Å². The van der Waals surface area contributed by atoms with Crippen LogP contribution in [0.15, 0.2) is 18.2 Å². The van der Waals surface area contributed by atoms with E-state index >= 15 is 0 Å². The van der Waals surface area contributed by atoms with Crippen LogP contribution in [0.3, 0.4) is 0 Å². The SMILES string of the molecule is CCOc1ccc(N2CC(CSC(C)=O)CC2=O)c(F)c1. The number of carbonyl (C=O) groups is 2. The van der Waals surface area contributed by atoms with Gasteiger partial charge in [-0.05, 0) is 25.0 Å². The molecular formula is C15H18FNO3S. The minimum absolute atomic E-state index is 0.0353. The van der Waals surface area contributed by atoms with Crippen LogP contribution in [-0.4, -0.2) is 29.9 Å². The smallest absolute Gasteiger partial charge is 0.227 e. The molecule has 0 saturated carbocycles. The molecular weight excluding hydrogens is 293 g/mol. The van der Waals surface area contributed by atoms with E-state index in [1.165, 1.54) is 29.7 Å². The molecule has 0 aliphatic carbocycles. The third-order valence-corrected chi connectivity index (χ3v) is 4.29. The summed E-state index contributed by atoms with van der Waals surface area (Å²) in [5.74, 6) is 0.559. The Bertz CT molecular complexity index is 550. The minimum atomic E-state index is -0.464. The van der Waals surface area contributed by atoms with Gasteiger partial charge >= 0.3 is 0 Å². The zero-order valence-electron chi connectivity index (χ0n) is 12.1. The molecule has 1 unspecified atom stereocenters. The van der Waals surface area contributed by atoms with Crippen LogP contribution in [0, 0.1) is 11.7 Å². The van der Waals surface area contributed by atoms with Gasteiger partial charge in [0.2, 0.25) is 5.91 Å². The van der Waals surface area contributed by atoms with Crippen LogP contribution in [0.25, 0.3) is 0 Å². The van der Waals surface area contributed by atoms with Crippen molar-refractivity contribution in [2.45, 2.75) is 20.3 Å². The Labute approximate surface area is 127 Å². The molecule has 114 valence electrons. The first-order chi connectivity index (χ1) is 10.0. The fourth-order valence-electron chi connectivity index (χ4n) is 2.32. The van der Waals surface area contributed by atoms with E-state index in [1.807, 2.05) is 6.92 Å². The highest BCUT2D eigenvalue weighted by Gasteiger charge is 2.32. The molecule has 1 atom stereocenters. The number of carbonyl (C=O) groups excluding carboxylic acids is 2. The third-order valence-electron chi connectivity index (χ3n) is 3.25. The summed E-state index contributed by atoms with van der Waals surface area (Å²) in [6.07, 6.45) is 0.354. The number of amides is 1. The molecule has 1 heterocycles. The second-order valence-electron chi connectivity index (χ2n) is 4.92. The van der Waals surface area contributed by atoms with Crippen molar-refractivity contribution in [2.75, 3.05) is 23.8 Å².